The van der Waals surface area contributed by atoms with Gasteiger partial charge < -0.3 is 49.7 Å². The van der Waals surface area contributed by atoms with E-state index in [1.807, 2.05) is 0 Å². The highest BCUT2D eigenvalue weighted by Gasteiger charge is 2.56. The largest absolute Gasteiger partial charge is 0.481 e. The predicted octanol–water partition coefficient (Wildman–Crippen LogP) is -0.733. The summed E-state index contributed by atoms with van der Waals surface area (Å²) in [4.78, 5) is 93.0. The number of fused-ring (bicyclic) bond motifs is 1. The number of primary amides is 1. The molecule has 0 radical (unpaired) electrons. The Morgan fingerprint density at radius 1 is 0.821 bits per heavy atom. The molecule has 1 amide bonds. The Bertz CT molecular complexity index is 2100. The minimum Gasteiger partial charge on any atom is -0.456 e. The first-order valence-electron chi connectivity index (χ1n) is 16.1. The number of nitrogens with two attached hydrogens (primary N) is 2. The maximum absolute atomic E-state index is 13.0. The van der Waals surface area contributed by atoms with E-state index in [1.54, 1.807) is 0 Å². The topological polar surface area (TPSA) is 343 Å². The molecule has 2 saturated heterocycles. The van der Waals surface area contributed by atoms with Crippen LogP contribution in [0.3, 0.4) is 0 Å². The number of carbonyl (C=O) groups excluding carboxylic acids is 5. The van der Waals surface area contributed by atoms with Gasteiger partial charge in [-0.2, -0.15) is 8.88 Å². The molecule has 3 aromatic rings. The van der Waals surface area contributed by atoms with E-state index >= 15 is 0 Å². The highest BCUT2D eigenvalue weighted by Crippen LogP contribution is 2.61. The lowest BCUT2D eigenvalue weighted by Gasteiger charge is -2.24. The van der Waals surface area contributed by atoms with E-state index in [0.29, 0.717) is 0 Å². The number of amides is 1. The molecule has 6 N–H and O–H groups in total. The minimum atomic E-state index is -5.57. The molecule has 0 bridgehead atoms. The molecule has 10 atom stereocenters. The molecule has 2 fully saturated rings. The highest BCUT2D eigenvalue weighted by atomic mass is 31.3. The Hall–Kier alpha value is -4.97. The fraction of sp³-hybridized carbons (Fsp3) is 0.483. The van der Waals surface area contributed by atoms with Gasteiger partial charge in [-0.15, -0.1) is 0 Å². The molecule has 6 unspecified atom stereocenters. The third-order valence-electron chi connectivity index (χ3n) is 7.85. The number of ether oxygens (including phenoxy) is 6. The van der Waals surface area contributed by atoms with E-state index in [9.17, 15) is 42.9 Å². The van der Waals surface area contributed by atoms with Crippen LogP contribution in [0.25, 0.3) is 11.2 Å². The molecule has 2 aliphatic rings. The highest BCUT2D eigenvalue weighted by molar-refractivity contribution is 7.61. The summed E-state index contributed by atoms with van der Waals surface area (Å²) in [5, 5.41) is 0. The van der Waals surface area contributed by atoms with Gasteiger partial charge in [0.2, 0.25) is 6.10 Å². The van der Waals surface area contributed by atoms with Crippen LogP contribution in [0.2, 0.25) is 0 Å². The van der Waals surface area contributed by atoms with Crippen molar-refractivity contribution in [1.82, 2.24) is 19.5 Å². The van der Waals surface area contributed by atoms with Crippen molar-refractivity contribution in [2.45, 2.75) is 76.8 Å². The zero-order chi connectivity index (χ0) is 41.1. The molecule has 2 aliphatic heterocycles. The van der Waals surface area contributed by atoms with Crippen LogP contribution in [0.5, 0.6) is 0 Å². The number of hydrogen-bond donors (Lipinski definition) is 4. The number of imidazole rings is 1. The Kier molecular flexibility index (Phi) is 12.8. The normalized spacial score (nSPS) is 26.8. The van der Waals surface area contributed by atoms with E-state index in [0.717, 1.165) is 34.0 Å². The van der Waals surface area contributed by atoms with Gasteiger partial charge in [-0.05, 0) is 6.07 Å². The Morgan fingerprint density at radius 3 is 1.93 bits per heavy atom. The van der Waals surface area contributed by atoms with Crippen molar-refractivity contribution in [3.8, 4) is 0 Å². The molecule has 0 saturated carbocycles. The van der Waals surface area contributed by atoms with Crippen LogP contribution in [0.4, 0.5) is 5.82 Å². The van der Waals surface area contributed by atoms with Crippen molar-refractivity contribution in [2.24, 2.45) is 5.73 Å². The predicted molar refractivity (Wildman–Crippen MR) is 178 cm³/mol. The average Bonchev–Trinajstić information content (AvgIpc) is 3.76. The van der Waals surface area contributed by atoms with E-state index in [-0.39, 0.29) is 22.5 Å². The van der Waals surface area contributed by atoms with Gasteiger partial charge in [-0.25, -0.2) is 24.1 Å². The number of rotatable bonds is 15. The van der Waals surface area contributed by atoms with Crippen LogP contribution in [0.1, 0.15) is 50.5 Å². The van der Waals surface area contributed by atoms with Gasteiger partial charge in [-0.1, -0.05) is 0 Å². The van der Waals surface area contributed by atoms with Gasteiger partial charge in [0, 0.05) is 33.8 Å². The molecule has 3 aromatic heterocycles. The van der Waals surface area contributed by atoms with Gasteiger partial charge >= 0.3 is 45.8 Å². The van der Waals surface area contributed by atoms with Crippen molar-refractivity contribution < 1.29 is 89.2 Å². The summed E-state index contributed by atoms with van der Waals surface area (Å²) < 4.78 is 76.1. The van der Waals surface area contributed by atoms with Crippen molar-refractivity contribution in [3.05, 3.63) is 42.7 Å². The molecule has 0 aliphatic carbocycles. The summed E-state index contributed by atoms with van der Waals surface area (Å²) in [6.07, 6.45) is -6.46. The third kappa shape index (κ3) is 10.1. The maximum Gasteiger partial charge on any atom is 0.481 e. The van der Waals surface area contributed by atoms with Gasteiger partial charge in [0.1, 0.15) is 29.6 Å². The lowest BCUT2D eigenvalue weighted by Crippen LogP contribution is -2.48. The van der Waals surface area contributed by atoms with Crippen LogP contribution >= 0.6 is 15.6 Å². The van der Waals surface area contributed by atoms with Crippen LogP contribution < -0.4 is 16.0 Å². The SMILES string of the molecule is CC(=O)OC1C(OC(C)=O)[C@@H](COP(=O)(O)OP(=O)(O)OC[C@H]2O[C@@H]([n+]3cccc(C(N)=O)c3)C(OC(C)=O)C2OC(C)=O)O[C@H]1n1cnc2c(N)ncnc21. The zero-order valence-electron chi connectivity index (χ0n) is 29.7. The number of phosphoric ester groups is 2. The summed E-state index contributed by atoms with van der Waals surface area (Å²) in [7, 11) is -11.1. The number of anilines is 1. The first-order chi connectivity index (χ1) is 26.2. The lowest BCUT2D eigenvalue weighted by molar-refractivity contribution is -0.765. The minimum absolute atomic E-state index is 0.000482. The van der Waals surface area contributed by atoms with E-state index in [2.05, 4.69) is 19.3 Å². The standard InChI is InChI=1S/C29H35N7O18P2/c1-13(37)48-21-18(52-28(23(21)50-15(3)39)35-7-5-6-17(8-35)26(31)41)9-46-55(42,43)54-56(44,45)47-10-19-22(49-14(2)38)24(51-16(4)40)29(53-19)36-12-34-20-25(30)32-11-33-27(20)36/h5-8,11-12,18-19,21-24,28-29H,9-10H2,1-4H3,(H5-,30,31,32,33,41,42,43,44,45)/p+1/t18-,19-,21?,22?,23?,24?,28-,29-/m1/s1. The van der Waals surface area contributed by atoms with Crippen molar-refractivity contribution >= 4 is 62.4 Å². The maximum atomic E-state index is 13.0. The third-order valence-corrected chi connectivity index (χ3v) is 10.5. The Balaban J connectivity index is 1.31. The summed E-state index contributed by atoms with van der Waals surface area (Å²) in [5.41, 5.74) is 11.5. The summed E-state index contributed by atoms with van der Waals surface area (Å²) in [6, 6.07) is 2.80. The van der Waals surface area contributed by atoms with Crippen molar-refractivity contribution in [2.75, 3.05) is 18.9 Å². The van der Waals surface area contributed by atoms with E-state index in [4.69, 9.17) is 48.9 Å². The zero-order valence-corrected chi connectivity index (χ0v) is 31.5. The number of nitrogens with zero attached hydrogens (tertiary/aromatic N) is 5. The van der Waals surface area contributed by atoms with Crippen molar-refractivity contribution in [1.29, 1.82) is 0 Å². The van der Waals surface area contributed by atoms with Crippen LogP contribution in [0, 0.1) is 0 Å². The summed E-state index contributed by atoms with van der Waals surface area (Å²) >= 11 is 0. The smallest absolute Gasteiger partial charge is 0.456 e. The van der Waals surface area contributed by atoms with Gasteiger partial charge in [0.25, 0.3) is 5.91 Å². The molecule has 25 nitrogen and oxygen atoms in total. The fourth-order valence-corrected chi connectivity index (χ4v) is 7.91. The molecule has 56 heavy (non-hydrogen) atoms. The molecule has 5 rings (SSSR count). The molecule has 27 heteroatoms. The second-order valence-corrected chi connectivity index (χ2v) is 15.1. The summed E-state index contributed by atoms with van der Waals surface area (Å²) in [5.74, 6) is -4.25. The second kappa shape index (κ2) is 17.0. The Labute approximate surface area is 315 Å². The molecular weight excluding hydrogens is 796 g/mol. The lowest BCUT2D eigenvalue weighted by atomic mass is 10.1. The number of pyridine rings is 1. The number of carbonyl (C=O) groups is 5. The van der Waals surface area contributed by atoms with Gasteiger partial charge in [0.15, 0.2) is 48.4 Å². The number of esters is 4. The van der Waals surface area contributed by atoms with Gasteiger partial charge in [0.05, 0.1) is 19.5 Å². The van der Waals surface area contributed by atoms with Crippen LogP contribution in [-0.4, -0.2) is 109 Å². The first-order valence-corrected chi connectivity index (χ1v) is 19.1. The fourth-order valence-electron chi connectivity index (χ4n) is 5.82. The molecular formula is C29H36N7O18P2+. The van der Waals surface area contributed by atoms with E-state index < -0.39 is 108 Å². The number of nitrogen functional groups attached to an aromatic ring is 1. The van der Waals surface area contributed by atoms with E-state index in [1.165, 1.54) is 40.0 Å². The second-order valence-electron chi connectivity index (χ2n) is 12.0. The molecule has 5 heterocycles. The molecule has 304 valence electrons. The average molecular weight is 833 g/mol. The van der Waals surface area contributed by atoms with Crippen molar-refractivity contribution in [3.63, 3.8) is 0 Å². The van der Waals surface area contributed by atoms with Gasteiger partial charge in [-0.3, -0.25) is 37.6 Å². The molecule has 0 spiro atoms. The number of hydrogen-bond acceptors (Lipinski definition) is 20. The number of aromatic nitrogens is 5. The number of phosphoric acid groups is 2. The van der Waals surface area contributed by atoms with Crippen LogP contribution in [-0.2, 0) is 70.1 Å². The Morgan fingerprint density at radius 2 is 1.36 bits per heavy atom. The summed E-state index contributed by atoms with van der Waals surface area (Å²) in [6.45, 7) is 2.22. The first kappa shape index (κ1) is 42.2. The van der Waals surface area contributed by atoms with Crippen LogP contribution in [0.15, 0.2) is 37.2 Å². The quantitative estimate of drug-likeness (QED) is 0.0634. The molecule has 0 aromatic carbocycles. The monoisotopic (exact) mass is 832 g/mol.